The number of rotatable bonds is 4. The average molecular weight is 296 g/mol. The third-order valence-corrected chi connectivity index (χ3v) is 3.64. The van der Waals surface area contributed by atoms with Crippen molar-refractivity contribution in [3.8, 4) is 0 Å². The number of benzene rings is 2. The van der Waals surface area contributed by atoms with Gasteiger partial charge in [0.25, 0.3) is 0 Å². The van der Waals surface area contributed by atoms with Crippen molar-refractivity contribution >= 4 is 28.9 Å². The van der Waals surface area contributed by atoms with Crippen LogP contribution in [0.2, 0.25) is 10.0 Å². The first-order chi connectivity index (χ1) is 9.09. The zero-order valence-electron chi connectivity index (χ0n) is 10.5. The van der Waals surface area contributed by atoms with Gasteiger partial charge in [-0.25, -0.2) is 0 Å². The molecule has 0 heterocycles. The van der Waals surface area contributed by atoms with Crippen molar-refractivity contribution in [2.45, 2.75) is 19.6 Å². The summed E-state index contributed by atoms with van der Waals surface area (Å²) in [5.41, 5.74) is 2.59. The Morgan fingerprint density at radius 3 is 2.32 bits per heavy atom. The molecule has 19 heavy (non-hydrogen) atoms. The highest BCUT2D eigenvalue weighted by Gasteiger charge is 2.09. The van der Waals surface area contributed by atoms with E-state index < -0.39 is 6.10 Å². The molecule has 0 saturated carbocycles. The van der Waals surface area contributed by atoms with Gasteiger partial charge in [0, 0.05) is 33.4 Å². The molecule has 2 N–H and O–H groups in total. The van der Waals surface area contributed by atoms with Gasteiger partial charge in [-0.3, -0.25) is 0 Å². The fourth-order valence-corrected chi connectivity index (χ4v) is 2.44. The molecular weight excluding hydrogens is 281 g/mol. The van der Waals surface area contributed by atoms with Crippen LogP contribution in [0.3, 0.4) is 0 Å². The van der Waals surface area contributed by atoms with Crippen LogP contribution in [0.5, 0.6) is 0 Å². The second kappa shape index (κ2) is 6.29. The normalized spacial score (nSPS) is 12.2. The van der Waals surface area contributed by atoms with Crippen LogP contribution in [0.4, 0.5) is 5.69 Å². The highest BCUT2D eigenvalue weighted by atomic mass is 35.5. The van der Waals surface area contributed by atoms with E-state index >= 15 is 0 Å². The summed E-state index contributed by atoms with van der Waals surface area (Å²) >= 11 is 12.2. The average Bonchev–Trinajstić information content (AvgIpc) is 2.38. The SMILES string of the molecule is CC(O)c1ccccc1NCc1c(Cl)cccc1Cl. The van der Waals surface area contributed by atoms with Gasteiger partial charge in [0.05, 0.1) is 6.10 Å². The Hall–Kier alpha value is -1.22. The summed E-state index contributed by atoms with van der Waals surface area (Å²) in [6.45, 7) is 2.26. The Morgan fingerprint density at radius 1 is 1.05 bits per heavy atom. The molecule has 0 bridgehead atoms. The maximum Gasteiger partial charge on any atom is 0.0781 e. The van der Waals surface area contributed by atoms with Crippen LogP contribution in [0.1, 0.15) is 24.2 Å². The van der Waals surface area contributed by atoms with E-state index in [1.807, 2.05) is 42.5 Å². The maximum atomic E-state index is 9.72. The zero-order valence-corrected chi connectivity index (χ0v) is 12.0. The standard InChI is InChI=1S/C15H15Cl2NO/c1-10(19)11-5-2-3-8-15(11)18-9-12-13(16)6-4-7-14(12)17/h2-8,10,18-19H,9H2,1H3. The zero-order chi connectivity index (χ0) is 13.8. The number of aliphatic hydroxyl groups excluding tert-OH is 1. The van der Waals surface area contributed by atoms with Gasteiger partial charge in [-0.2, -0.15) is 0 Å². The number of anilines is 1. The van der Waals surface area contributed by atoms with Crippen LogP contribution >= 0.6 is 23.2 Å². The van der Waals surface area contributed by atoms with E-state index in [2.05, 4.69) is 5.32 Å². The quantitative estimate of drug-likeness (QED) is 0.860. The van der Waals surface area contributed by atoms with Gasteiger partial charge in [-0.05, 0) is 25.1 Å². The van der Waals surface area contributed by atoms with Crippen LogP contribution in [0, 0.1) is 0 Å². The van der Waals surface area contributed by atoms with Crippen molar-refractivity contribution in [2.24, 2.45) is 0 Å². The van der Waals surface area contributed by atoms with Crippen molar-refractivity contribution in [3.63, 3.8) is 0 Å². The molecule has 2 aromatic carbocycles. The Balaban J connectivity index is 2.19. The molecule has 2 rings (SSSR count). The molecule has 0 amide bonds. The summed E-state index contributed by atoms with van der Waals surface area (Å²) in [6.07, 6.45) is -0.523. The minimum atomic E-state index is -0.523. The van der Waals surface area contributed by atoms with E-state index in [0.717, 1.165) is 16.8 Å². The Bertz CT molecular complexity index is 550. The summed E-state index contributed by atoms with van der Waals surface area (Å²) in [4.78, 5) is 0. The maximum absolute atomic E-state index is 9.72. The molecule has 2 nitrogen and oxygen atoms in total. The third-order valence-electron chi connectivity index (χ3n) is 2.93. The van der Waals surface area contributed by atoms with Gasteiger partial charge in [-0.15, -0.1) is 0 Å². The highest BCUT2D eigenvalue weighted by Crippen LogP contribution is 2.27. The minimum absolute atomic E-state index is 0.516. The molecule has 0 fully saturated rings. The van der Waals surface area contributed by atoms with Crippen LogP contribution < -0.4 is 5.32 Å². The number of hydrogen-bond acceptors (Lipinski definition) is 2. The first-order valence-corrected chi connectivity index (χ1v) is 6.79. The Kier molecular flexibility index (Phi) is 4.70. The molecule has 100 valence electrons. The van der Waals surface area contributed by atoms with Gasteiger partial charge < -0.3 is 10.4 Å². The number of aliphatic hydroxyl groups is 1. The number of hydrogen-bond donors (Lipinski definition) is 2. The number of nitrogens with one attached hydrogen (secondary N) is 1. The molecule has 2 aromatic rings. The van der Waals surface area contributed by atoms with Crippen molar-refractivity contribution in [2.75, 3.05) is 5.32 Å². The molecule has 0 saturated heterocycles. The molecule has 1 unspecified atom stereocenters. The lowest BCUT2D eigenvalue weighted by Crippen LogP contribution is -2.05. The smallest absolute Gasteiger partial charge is 0.0781 e. The predicted octanol–water partition coefficient (Wildman–Crippen LogP) is 4.66. The van der Waals surface area contributed by atoms with Gasteiger partial charge in [-0.1, -0.05) is 47.5 Å². The molecule has 0 spiro atoms. The van der Waals surface area contributed by atoms with Gasteiger partial charge in [0.1, 0.15) is 0 Å². The third kappa shape index (κ3) is 3.41. The lowest BCUT2D eigenvalue weighted by atomic mass is 10.1. The lowest BCUT2D eigenvalue weighted by Gasteiger charge is -2.15. The van der Waals surface area contributed by atoms with E-state index in [-0.39, 0.29) is 0 Å². The first-order valence-electron chi connectivity index (χ1n) is 6.03. The molecule has 0 aliphatic carbocycles. The largest absolute Gasteiger partial charge is 0.389 e. The van der Waals surface area contributed by atoms with E-state index in [1.54, 1.807) is 6.92 Å². The summed E-state index contributed by atoms with van der Waals surface area (Å²) in [5, 5.41) is 14.3. The molecule has 0 aliphatic heterocycles. The van der Waals surface area contributed by atoms with Crippen molar-refractivity contribution in [1.29, 1.82) is 0 Å². The summed E-state index contributed by atoms with van der Waals surface area (Å²) in [5.74, 6) is 0. The van der Waals surface area contributed by atoms with Gasteiger partial charge in [0.15, 0.2) is 0 Å². The van der Waals surface area contributed by atoms with Crippen LogP contribution in [-0.2, 0) is 6.54 Å². The van der Waals surface area contributed by atoms with Crippen molar-refractivity contribution < 1.29 is 5.11 Å². The van der Waals surface area contributed by atoms with Crippen molar-refractivity contribution in [3.05, 3.63) is 63.6 Å². The fourth-order valence-electron chi connectivity index (χ4n) is 1.91. The van der Waals surface area contributed by atoms with E-state index in [1.165, 1.54) is 0 Å². The number of para-hydroxylation sites is 1. The van der Waals surface area contributed by atoms with Gasteiger partial charge >= 0.3 is 0 Å². The molecular formula is C15H15Cl2NO. The Morgan fingerprint density at radius 2 is 1.68 bits per heavy atom. The topological polar surface area (TPSA) is 32.3 Å². The molecule has 4 heteroatoms. The van der Waals surface area contributed by atoms with Crippen LogP contribution in [-0.4, -0.2) is 5.11 Å². The predicted molar refractivity (Wildman–Crippen MR) is 80.9 cm³/mol. The fraction of sp³-hybridized carbons (Fsp3) is 0.200. The first kappa shape index (κ1) is 14.2. The summed E-state index contributed by atoms with van der Waals surface area (Å²) in [6, 6.07) is 13.1. The second-order valence-electron chi connectivity index (χ2n) is 4.32. The molecule has 1 atom stereocenters. The second-order valence-corrected chi connectivity index (χ2v) is 5.13. The number of halogens is 2. The van der Waals surface area contributed by atoms with Crippen LogP contribution in [0.15, 0.2) is 42.5 Å². The minimum Gasteiger partial charge on any atom is -0.389 e. The summed E-state index contributed by atoms with van der Waals surface area (Å²) in [7, 11) is 0. The summed E-state index contributed by atoms with van der Waals surface area (Å²) < 4.78 is 0. The molecule has 0 aromatic heterocycles. The van der Waals surface area contributed by atoms with E-state index in [4.69, 9.17) is 23.2 Å². The van der Waals surface area contributed by atoms with Gasteiger partial charge in [0.2, 0.25) is 0 Å². The van der Waals surface area contributed by atoms with Crippen LogP contribution in [0.25, 0.3) is 0 Å². The van der Waals surface area contributed by atoms with Crippen molar-refractivity contribution in [1.82, 2.24) is 0 Å². The lowest BCUT2D eigenvalue weighted by molar-refractivity contribution is 0.200. The van der Waals surface area contributed by atoms with E-state index in [9.17, 15) is 5.11 Å². The monoisotopic (exact) mass is 295 g/mol. The molecule has 0 radical (unpaired) electrons. The Labute approximate surface area is 123 Å². The molecule has 0 aliphatic rings. The highest BCUT2D eigenvalue weighted by molar-refractivity contribution is 6.36. The van der Waals surface area contributed by atoms with E-state index in [0.29, 0.717) is 16.6 Å².